The highest BCUT2D eigenvalue weighted by Crippen LogP contribution is 2.18. The van der Waals surface area contributed by atoms with Crippen molar-refractivity contribution < 1.29 is 17.6 Å². The van der Waals surface area contributed by atoms with Gasteiger partial charge in [-0.1, -0.05) is 12.1 Å². The molecule has 2 aromatic carbocycles. The van der Waals surface area contributed by atoms with Gasteiger partial charge < -0.3 is 5.32 Å². The summed E-state index contributed by atoms with van der Waals surface area (Å²) < 4.78 is 37.7. The van der Waals surface area contributed by atoms with Gasteiger partial charge in [0.05, 0.1) is 17.5 Å². The Labute approximate surface area is 121 Å². The molecule has 2 rings (SSSR count). The van der Waals surface area contributed by atoms with Crippen LogP contribution in [0, 0.1) is 5.82 Å². The average molecular weight is 308 g/mol. The van der Waals surface area contributed by atoms with Gasteiger partial charge in [0.1, 0.15) is 5.82 Å². The third-order valence-corrected chi connectivity index (χ3v) is 3.16. The van der Waals surface area contributed by atoms with Crippen LogP contribution in [0.1, 0.15) is 10.4 Å². The summed E-state index contributed by atoms with van der Waals surface area (Å²) in [7, 11) is -3.49. The van der Waals surface area contributed by atoms with Gasteiger partial charge in [0, 0.05) is 5.69 Å². The molecule has 7 heteroatoms. The van der Waals surface area contributed by atoms with Crippen LogP contribution in [0.4, 0.5) is 15.8 Å². The summed E-state index contributed by atoms with van der Waals surface area (Å²) in [5.41, 5.74) is 0.766. The Bertz CT molecular complexity index is 758. The number of sulfonamides is 1. The molecule has 2 aromatic rings. The van der Waals surface area contributed by atoms with Gasteiger partial charge in [0.15, 0.2) is 0 Å². The highest BCUT2D eigenvalue weighted by molar-refractivity contribution is 7.92. The standard InChI is InChI=1S/C14H13FN2O3S/c1-21(19,20)17-13-5-3-2-4-12(13)14(18)16-11-8-6-10(15)7-9-11/h2-9,17H,1H3,(H,16,18). The van der Waals surface area contributed by atoms with Crippen LogP contribution in [0.2, 0.25) is 0 Å². The normalized spacial score (nSPS) is 11.0. The van der Waals surface area contributed by atoms with Crippen LogP contribution in [0.15, 0.2) is 48.5 Å². The monoisotopic (exact) mass is 308 g/mol. The highest BCUT2D eigenvalue weighted by atomic mass is 32.2. The number of rotatable bonds is 4. The van der Waals surface area contributed by atoms with Crippen molar-refractivity contribution in [2.45, 2.75) is 0 Å². The van der Waals surface area contributed by atoms with E-state index in [9.17, 15) is 17.6 Å². The fourth-order valence-electron chi connectivity index (χ4n) is 1.70. The van der Waals surface area contributed by atoms with Gasteiger partial charge in [0.2, 0.25) is 10.0 Å². The third-order valence-electron chi connectivity index (χ3n) is 2.57. The minimum absolute atomic E-state index is 0.173. The van der Waals surface area contributed by atoms with E-state index >= 15 is 0 Å². The summed E-state index contributed by atoms with van der Waals surface area (Å²) in [6, 6.07) is 11.5. The maximum absolute atomic E-state index is 12.8. The number of hydrogen-bond donors (Lipinski definition) is 2. The molecular weight excluding hydrogens is 295 g/mol. The van der Waals surface area contributed by atoms with Crippen molar-refractivity contribution in [1.29, 1.82) is 0 Å². The largest absolute Gasteiger partial charge is 0.322 e. The molecule has 0 aliphatic carbocycles. The van der Waals surface area contributed by atoms with E-state index in [-0.39, 0.29) is 11.3 Å². The fraction of sp³-hybridized carbons (Fsp3) is 0.0714. The van der Waals surface area contributed by atoms with Gasteiger partial charge in [0.25, 0.3) is 5.91 Å². The predicted molar refractivity (Wildman–Crippen MR) is 79.3 cm³/mol. The van der Waals surface area contributed by atoms with E-state index < -0.39 is 21.7 Å². The first kappa shape index (κ1) is 15.0. The van der Waals surface area contributed by atoms with Gasteiger partial charge in [-0.3, -0.25) is 9.52 Å². The number of hydrogen-bond acceptors (Lipinski definition) is 3. The Kier molecular flexibility index (Phi) is 4.23. The first-order valence-corrected chi connectivity index (χ1v) is 7.88. The zero-order valence-electron chi connectivity index (χ0n) is 11.1. The number of amides is 1. The number of carbonyl (C=O) groups is 1. The zero-order valence-corrected chi connectivity index (χ0v) is 11.9. The van der Waals surface area contributed by atoms with Crippen LogP contribution in [-0.2, 0) is 10.0 Å². The summed E-state index contributed by atoms with van der Waals surface area (Å²) in [5, 5.41) is 2.57. The van der Waals surface area contributed by atoms with Crippen LogP contribution in [0.5, 0.6) is 0 Å². The van der Waals surface area contributed by atoms with Crippen molar-refractivity contribution in [3.05, 3.63) is 59.9 Å². The van der Waals surface area contributed by atoms with Crippen molar-refractivity contribution in [1.82, 2.24) is 0 Å². The number of benzene rings is 2. The number of nitrogens with one attached hydrogen (secondary N) is 2. The molecule has 0 bridgehead atoms. The van der Waals surface area contributed by atoms with E-state index in [1.807, 2.05) is 0 Å². The summed E-state index contributed by atoms with van der Waals surface area (Å²) in [5.74, 6) is -0.902. The second-order valence-electron chi connectivity index (χ2n) is 4.38. The molecule has 0 aliphatic heterocycles. The topological polar surface area (TPSA) is 75.3 Å². The van der Waals surface area contributed by atoms with Crippen molar-refractivity contribution in [3.63, 3.8) is 0 Å². The lowest BCUT2D eigenvalue weighted by atomic mass is 10.1. The first-order valence-electron chi connectivity index (χ1n) is 5.99. The second kappa shape index (κ2) is 5.92. The van der Waals surface area contributed by atoms with Crippen molar-refractivity contribution in [2.24, 2.45) is 0 Å². The molecule has 110 valence electrons. The Morgan fingerprint density at radius 1 is 1.05 bits per heavy atom. The van der Waals surface area contributed by atoms with E-state index in [0.29, 0.717) is 5.69 Å². The third kappa shape index (κ3) is 4.28. The Morgan fingerprint density at radius 3 is 2.29 bits per heavy atom. The number of halogens is 1. The Morgan fingerprint density at radius 2 is 1.67 bits per heavy atom. The van der Waals surface area contributed by atoms with Crippen molar-refractivity contribution in [2.75, 3.05) is 16.3 Å². The zero-order chi connectivity index (χ0) is 15.5. The lowest BCUT2D eigenvalue weighted by Crippen LogP contribution is -2.17. The molecule has 0 aromatic heterocycles. The second-order valence-corrected chi connectivity index (χ2v) is 6.13. The molecule has 0 atom stereocenters. The first-order chi connectivity index (χ1) is 9.85. The van der Waals surface area contributed by atoms with Crippen LogP contribution < -0.4 is 10.0 Å². The van der Waals surface area contributed by atoms with E-state index in [1.165, 1.54) is 36.4 Å². The maximum Gasteiger partial charge on any atom is 0.257 e. The summed E-state index contributed by atoms with van der Waals surface area (Å²) in [6.45, 7) is 0. The summed E-state index contributed by atoms with van der Waals surface area (Å²) in [6.07, 6.45) is 1.00. The number of carbonyl (C=O) groups excluding carboxylic acids is 1. The predicted octanol–water partition coefficient (Wildman–Crippen LogP) is 2.45. The molecule has 0 spiro atoms. The molecule has 0 saturated heterocycles. The fourth-order valence-corrected chi connectivity index (χ4v) is 2.28. The quantitative estimate of drug-likeness (QED) is 0.911. The smallest absolute Gasteiger partial charge is 0.257 e. The van der Waals surface area contributed by atoms with Gasteiger partial charge in [-0.2, -0.15) is 0 Å². The van der Waals surface area contributed by atoms with Gasteiger partial charge in [-0.25, -0.2) is 12.8 Å². The average Bonchev–Trinajstić information content (AvgIpc) is 2.40. The molecule has 0 radical (unpaired) electrons. The molecule has 0 heterocycles. The number of anilines is 2. The SMILES string of the molecule is CS(=O)(=O)Nc1ccccc1C(=O)Nc1ccc(F)cc1. The molecule has 5 nitrogen and oxygen atoms in total. The Balaban J connectivity index is 2.25. The molecular formula is C14H13FN2O3S. The van der Waals surface area contributed by atoms with Crippen molar-refractivity contribution in [3.8, 4) is 0 Å². The summed E-state index contributed by atoms with van der Waals surface area (Å²) >= 11 is 0. The molecule has 1 amide bonds. The minimum atomic E-state index is -3.49. The van der Waals surface area contributed by atoms with Gasteiger partial charge >= 0.3 is 0 Å². The number of para-hydroxylation sites is 1. The van der Waals surface area contributed by atoms with Gasteiger partial charge in [-0.05, 0) is 36.4 Å². The molecule has 2 N–H and O–H groups in total. The minimum Gasteiger partial charge on any atom is -0.322 e. The van der Waals surface area contributed by atoms with Crippen LogP contribution >= 0.6 is 0 Å². The molecule has 0 fully saturated rings. The van der Waals surface area contributed by atoms with Crippen LogP contribution in [0.3, 0.4) is 0 Å². The highest BCUT2D eigenvalue weighted by Gasteiger charge is 2.13. The van der Waals surface area contributed by atoms with Crippen LogP contribution in [0.25, 0.3) is 0 Å². The van der Waals surface area contributed by atoms with Gasteiger partial charge in [-0.15, -0.1) is 0 Å². The lowest BCUT2D eigenvalue weighted by molar-refractivity contribution is 0.102. The van der Waals surface area contributed by atoms with E-state index in [1.54, 1.807) is 12.1 Å². The molecule has 0 unspecified atom stereocenters. The van der Waals surface area contributed by atoms with Crippen LogP contribution in [-0.4, -0.2) is 20.6 Å². The molecule has 0 aliphatic rings. The lowest BCUT2D eigenvalue weighted by Gasteiger charge is -2.11. The van der Waals surface area contributed by atoms with E-state index in [4.69, 9.17) is 0 Å². The summed E-state index contributed by atoms with van der Waals surface area (Å²) in [4.78, 5) is 12.2. The maximum atomic E-state index is 12.8. The van der Waals surface area contributed by atoms with E-state index in [2.05, 4.69) is 10.0 Å². The molecule has 21 heavy (non-hydrogen) atoms. The molecule has 0 saturated carbocycles. The van der Waals surface area contributed by atoms with Crippen molar-refractivity contribution >= 4 is 27.3 Å². The van der Waals surface area contributed by atoms with E-state index in [0.717, 1.165) is 6.26 Å². The Hall–Kier alpha value is -2.41.